The first-order valence-electron chi connectivity index (χ1n) is 6.44. The van der Waals surface area contributed by atoms with Gasteiger partial charge >= 0.3 is 0 Å². The summed E-state index contributed by atoms with van der Waals surface area (Å²) in [7, 11) is 0. The van der Waals surface area contributed by atoms with Gasteiger partial charge in [-0.25, -0.2) is 0 Å². The molecule has 0 fully saturated rings. The molecule has 0 aliphatic heterocycles. The molecule has 2 aromatic heterocycles. The van der Waals surface area contributed by atoms with Crippen molar-refractivity contribution in [3.63, 3.8) is 0 Å². The number of hydrogen-bond donors (Lipinski definition) is 2. The number of aromatic nitrogens is 3. The van der Waals surface area contributed by atoms with Gasteiger partial charge in [0.1, 0.15) is 0 Å². The van der Waals surface area contributed by atoms with Crippen molar-refractivity contribution in [1.29, 1.82) is 0 Å². The first-order valence-corrected chi connectivity index (χ1v) is 6.44. The Bertz CT molecular complexity index is 563. The zero-order chi connectivity index (χ0) is 12.9. The lowest BCUT2D eigenvalue weighted by Crippen LogP contribution is -2.30. The van der Waals surface area contributed by atoms with Crippen molar-refractivity contribution in [3.8, 4) is 5.69 Å². The lowest BCUT2D eigenvalue weighted by molar-refractivity contribution is 0.278. The fourth-order valence-corrected chi connectivity index (χ4v) is 3.17. The highest BCUT2D eigenvalue weighted by atomic mass is 15.1. The van der Waals surface area contributed by atoms with E-state index >= 15 is 0 Å². The molecule has 2 heterocycles. The molecule has 4 heteroatoms. The van der Waals surface area contributed by atoms with Crippen LogP contribution >= 0.6 is 0 Å². The van der Waals surface area contributed by atoms with Crippen molar-refractivity contribution >= 4 is 0 Å². The van der Waals surface area contributed by atoms with E-state index in [9.17, 15) is 0 Å². The van der Waals surface area contributed by atoms with Crippen molar-refractivity contribution in [3.05, 3.63) is 35.4 Å². The van der Waals surface area contributed by atoms with Gasteiger partial charge in [0.05, 0.1) is 11.9 Å². The number of nitrogens with zero attached hydrogens (tertiary/aromatic N) is 2. The molecule has 4 nitrogen and oxygen atoms in total. The van der Waals surface area contributed by atoms with Crippen LogP contribution < -0.4 is 5.73 Å². The molecule has 0 radical (unpaired) electrons. The van der Waals surface area contributed by atoms with E-state index in [1.807, 2.05) is 12.4 Å². The zero-order valence-electron chi connectivity index (χ0n) is 11.2. The SMILES string of the molecule is Cc1cc2c(n1-c1cn[nH]c1)CC(C)(C)CC2N. The molecule has 0 amide bonds. The number of aryl methyl sites for hydroxylation is 1. The van der Waals surface area contributed by atoms with Crippen molar-refractivity contribution in [1.82, 2.24) is 14.8 Å². The first-order chi connectivity index (χ1) is 8.48. The maximum atomic E-state index is 6.32. The lowest BCUT2D eigenvalue weighted by atomic mass is 9.74. The number of H-pyrrole nitrogens is 1. The van der Waals surface area contributed by atoms with E-state index < -0.39 is 0 Å². The van der Waals surface area contributed by atoms with Crippen LogP contribution in [-0.4, -0.2) is 14.8 Å². The monoisotopic (exact) mass is 244 g/mol. The van der Waals surface area contributed by atoms with Gasteiger partial charge in [-0.1, -0.05) is 13.8 Å². The molecule has 1 atom stereocenters. The Morgan fingerprint density at radius 1 is 1.50 bits per heavy atom. The Morgan fingerprint density at radius 2 is 2.28 bits per heavy atom. The molecule has 3 N–H and O–H groups in total. The molecule has 2 aromatic rings. The van der Waals surface area contributed by atoms with Crippen LogP contribution in [0.15, 0.2) is 18.5 Å². The summed E-state index contributed by atoms with van der Waals surface area (Å²) in [5.41, 5.74) is 11.6. The summed E-state index contributed by atoms with van der Waals surface area (Å²) in [4.78, 5) is 0. The topological polar surface area (TPSA) is 59.6 Å². The quantitative estimate of drug-likeness (QED) is 0.809. The van der Waals surface area contributed by atoms with Crippen molar-refractivity contribution in [2.45, 2.75) is 39.7 Å². The molecule has 18 heavy (non-hydrogen) atoms. The highest BCUT2D eigenvalue weighted by molar-refractivity contribution is 5.42. The van der Waals surface area contributed by atoms with Gasteiger partial charge in [0, 0.05) is 23.6 Å². The second-order valence-electron chi connectivity index (χ2n) is 6.13. The number of rotatable bonds is 1. The molecule has 0 spiro atoms. The summed E-state index contributed by atoms with van der Waals surface area (Å²) in [6, 6.07) is 2.37. The van der Waals surface area contributed by atoms with Crippen molar-refractivity contribution in [2.75, 3.05) is 0 Å². The van der Waals surface area contributed by atoms with Gasteiger partial charge in [-0.15, -0.1) is 0 Å². The van der Waals surface area contributed by atoms with Crippen LogP contribution in [0.25, 0.3) is 5.69 Å². The highest BCUT2D eigenvalue weighted by Gasteiger charge is 2.33. The van der Waals surface area contributed by atoms with E-state index in [1.54, 1.807) is 0 Å². The number of nitrogens with one attached hydrogen (secondary N) is 1. The summed E-state index contributed by atoms with van der Waals surface area (Å²) in [5.74, 6) is 0. The summed E-state index contributed by atoms with van der Waals surface area (Å²) >= 11 is 0. The Balaban J connectivity index is 2.18. The molecule has 0 aromatic carbocycles. The molecule has 0 bridgehead atoms. The van der Waals surface area contributed by atoms with Gasteiger partial charge in [0.15, 0.2) is 0 Å². The van der Waals surface area contributed by atoms with Gasteiger partial charge in [-0.05, 0) is 36.8 Å². The maximum Gasteiger partial charge on any atom is 0.0835 e. The van der Waals surface area contributed by atoms with Crippen molar-refractivity contribution in [2.24, 2.45) is 11.1 Å². The predicted octanol–water partition coefficient (Wildman–Crippen LogP) is 2.48. The maximum absolute atomic E-state index is 6.32. The second kappa shape index (κ2) is 3.72. The fraction of sp³-hybridized carbons (Fsp3) is 0.500. The van der Waals surface area contributed by atoms with E-state index in [-0.39, 0.29) is 11.5 Å². The third kappa shape index (κ3) is 1.68. The van der Waals surface area contributed by atoms with Crippen LogP contribution in [0.5, 0.6) is 0 Å². The van der Waals surface area contributed by atoms with E-state index in [2.05, 4.69) is 41.6 Å². The molecule has 1 unspecified atom stereocenters. The average molecular weight is 244 g/mol. The standard InChI is InChI=1S/C14H20N4/c1-9-4-11-12(15)5-14(2,3)6-13(11)18(9)10-7-16-17-8-10/h4,7-8,12H,5-6,15H2,1-3H3,(H,16,17). The van der Waals surface area contributed by atoms with Crippen LogP contribution in [0.1, 0.15) is 43.3 Å². The number of fused-ring (bicyclic) bond motifs is 1. The van der Waals surface area contributed by atoms with Crippen LogP contribution in [0.3, 0.4) is 0 Å². The Hall–Kier alpha value is -1.55. The minimum absolute atomic E-state index is 0.149. The van der Waals surface area contributed by atoms with Crippen LogP contribution in [0.2, 0.25) is 0 Å². The number of aromatic amines is 1. The molecule has 0 saturated carbocycles. The number of hydrogen-bond acceptors (Lipinski definition) is 2. The third-order valence-electron chi connectivity index (χ3n) is 3.88. The summed E-state index contributed by atoms with van der Waals surface area (Å²) in [6.45, 7) is 6.71. The van der Waals surface area contributed by atoms with Gasteiger partial charge in [-0.2, -0.15) is 5.10 Å². The highest BCUT2D eigenvalue weighted by Crippen LogP contribution is 2.41. The van der Waals surface area contributed by atoms with E-state index in [0.29, 0.717) is 0 Å². The average Bonchev–Trinajstić information content (AvgIpc) is 2.83. The predicted molar refractivity (Wildman–Crippen MR) is 71.7 cm³/mol. The lowest BCUT2D eigenvalue weighted by Gasteiger charge is -2.34. The van der Waals surface area contributed by atoms with E-state index in [1.165, 1.54) is 17.0 Å². The minimum atomic E-state index is 0.149. The molecule has 3 rings (SSSR count). The molecule has 0 saturated heterocycles. The first kappa shape index (κ1) is 11.5. The smallest absolute Gasteiger partial charge is 0.0835 e. The molecular formula is C14H20N4. The number of nitrogens with two attached hydrogens (primary N) is 1. The Kier molecular flexibility index (Phi) is 2.38. The second-order valence-corrected chi connectivity index (χ2v) is 6.13. The van der Waals surface area contributed by atoms with Crippen LogP contribution in [-0.2, 0) is 6.42 Å². The third-order valence-corrected chi connectivity index (χ3v) is 3.88. The zero-order valence-corrected chi connectivity index (χ0v) is 11.2. The van der Waals surface area contributed by atoms with Gasteiger partial charge in [-0.3, -0.25) is 5.10 Å². The van der Waals surface area contributed by atoms with Crippen molar-refractivity contribution < 1.29 is 0 Å². The normalized spacial score (nSPS) is 21.9. The summed E-state index contributed by atoms with van der Waals surface area (Å²) in [5, 5.41) is 6.93. The Morgan fingerprint density at radius 3 is 2.94 bits per heavy atom. The van der Waals surface area contributed by atoms with E-state index in [4.69, 9.17) is 5.73 Å². The minimum Gasteiger partial charge on any atom is -0.324 e. The largest absolute Gasteiger partial charge is 0.324 e. The molecule has 1 aliphatic carbocycles. The van der Waals surface area contributed by atoms with Crippen LogP contribution in [0, 0.1) is 12.3 Å². The molecule has 1 aliphatic rings. The van der Waals surface area contributed by atoms with Crippen LogP contribution in [0.4, 0.5) is 0 Å². The summed E-state index contributed by atoms with van der Waals surface area (Å²) < 4.78 is 2.28. The Labute approximate surface area is 107 Å². The van der Waals surface area contributed by atoms with E-state index in [0.717, 1.165) is 18.5 Å². The van der Waals surface area contributed by atoms with Gasteiger partial charge in [0.25, 0.3) is 0 Å². The van der Waals surface area contributed by atoms with Gasteiger partial charge in [0.2, 0.25) is 0 Å². The summed E-state index contributed by atoms with van der Waals surface area (Å²) in [6.07, 6.45) is 5.91. The fourth-order valence-electron chi connectivity index (χ4n) is 3.17. The molecule has 96 valence electrons. The molecular weight excluding hydrogens is 224 g/mol. The van der Waals surface area contributed by atoms with Gasteiger partial charge < -0.3 is 10.3 Å².